The molecule has 9 aromatic rings. The van der Waals surface area contributed by atoms with E-state index in [1.54, 1.807) is 18.2 Å². The predicted molar refractivity (Wildman–Crippen MR) is 401 cm³/mol. The van der Waals surface area contributed by atoms with Crippen molar-refractivity contribution in [3.63, 3.8) is 0 Å². The largest absolute Gasteiger partial charge is 0.474 e. The lowest BCUT2D eigenvalue weighted by molar-refractivity contribution is -0.286. The molecular weight excluding hydrogens is 1610 g/mol. The average molecular weight is 1680 g/mol. The van der Waals surface area contributed by atoms with Crippen LogP contribution in [0.4, 0.5) is 0 Å². The first-order valence-corrected chi connectivity index (χ1v) is 40.3. The fourth-order valence-corrected chi connectivity index (χ4v) is 14.3. The van der Waals surface area contributed by atoms with Gasteiger partial charge in [-0.25, -0.2) is 56.8 Å². The van der Waals surface area contributed by atoms with Crippen LogP contribution in [-0.2, 0) is 93.2 Å². The van der Waals surface area contributed by atoms with Crippen molar-refractivity contribution in [2.24, 2.45) is 0 Å². The Labute approximate surface area is 670 Å². The first-order chi connectivity index (χ1) is 56.8. The Kier molecular flexibility index (Phi) is 28.7. The van der Waals surface area contributed by atoms with Crippen molar-refractivity contribution < 1.29 is 161 Å². The van der Waals surface area contributed by atoms with E-state index in [-0.39, 0.29) is 50.1 Å². The van der Waals surface area contributed by atoms with E-state index >= 15 is 9.13 Å². The molecule has 3 aliphatic rings. The smallest absolute Gasteiger partial charge is 0.452 e. The Bertz CT molecular complexity index is 5090. The highest BCUT2D eigenvalue weighted by Crippen LogP contribution is 2.52. The molecule has 0 aromatic heterocycles. The molecule has 0 saturated carbocycles. The van der Waals surface area contributed by atoms with Gasteiger partial charge in [0.15, 0.2) is 54.9 Å². The van der Waals surface area contributed by atoms with Crippen LogP contribution in [0.2, 0.25) is 0 Å². The summed E-state index contributed by atoms with van der Waals surface area (Å²) in [5, 5.41) is 11.1. The van der Waals surface area contributed by atoms with Gasteiger partial charge in [-0.3, -0.25) is 22.6 Å². The lowest BCUT2D eigenvalue weighted by atomic mass is 9.98. The molecule has 0 amide bonds. The number of esters is 9. The van der Waals surface area contributed by atoms with E-state index in [0.29, 0.717) is 0 Å². The van der Waals surface area contributed by atoms with Gasteiger partial charge >= 0.3 is 77.2 Å². The molecule has 3 heterocycles. The SMILES string of the molecule is O=C(OC1C(COP(=O)(O)OC2OC(COP(=O)(O)OC3OC(CO)C(OC(=O)c4ccccc4)C(OC(=O)c4ccccc4)C3OC(=O)c3ccccc3)C(OC(=O)c3ccccc3)C(OC(=O)c3ccccc3)C2OC(=O)c2ccccc2)OC(OP(=O)(O)O)C(OC(=O)c2ccccc2)C1OC(=O)c1ccccc1)c1ccccc1. The first-order valence-electron chi connectivity index (χ1n) is 35.7. The van der Waals surface area contributed by atoms with E-state index in [1.165, 1.54) is 255 Å². The van der Waals surface area contributed by atoms with Gasteiger partial charge < -0.3 is 81.5 Å². The highest BCUT2D eigenvalue weighted by atomic mass is 31.2. The van der Waals surface area contributed by atoms with Gasteiger partial charge in [0.25, 0.3) is 0 Å². The second kappa shape index (κ2) is 39.6. The lowest BCUT2D eigenvalue weighted by Crippen LogP contribution is -2.63. The Morgan fingerprint density at radius 3 is 0.610 bits per heavy atom. The van der Waals surface area contributed by atoms with Crippen LogP contribution in [0.25, 0.3) is 0 Å². The number of carbonyl (C=O) groups excluding carboxylic acids is 9. The molecule has 0 aliphatic carbocycles. The molecule has 118 heavy (non-hydrogen) atoms. The third-order valence-electron chi connectivity index (χ3n) is 17.7. The molecule has 0 radical (unpaired) electrons. The van der Waals surface area contributed by atoms with Crippen molar-refractivity contribution in [2.75, 3.05) is 19.8 Å². The van der Waals surface area contributed by atoms with Crippen LogP contribution in [0, 0.1) is 0 Å². The maximum atomic E-state index is 15.3. The number of aliphatic hydroxyl groups excluding tert-OH is 1. The van der Waals surface area contributed by atoms with Crippen LogP contribution in [0.1, 0.15) is 93.2 Å². The Hall–Kier alpha value is -11.6. The van der Waals surface area contributed by atoms with Crippen molar-refractivity contribution >= 4 is 77.2 Å². The Morgan fingerprint density at radius 2 is 0.415 bits per heavy atom. The monoisotopic (exact) mass is 1680 g/mol. The second-order valence-corrected chi connectivity index (χ2v) is 29.8. The predicted octanol–water partition coefficient (Wildman–Crippen LogP) is 9.56. The maximum absolute atomic E-state index is 15.3. The summed E-state index contributed by atoms with van der Waals surface area (Å²) in [7, 11) is -18.3. The highest BCUT2D eigenvalue weighted by molar-refractivity contribution is 7.47. The number of phosphoric acid groups is 3. The summed E-state index contributed by atoms with van der Waals surface area (Å²) < 4.78 is 143. The van der Waals surface area contributed by atoms with Crippen molar-refractivity contribution in [3.8, 4) is 0 Å². The van der Waals surface area contributed by atoms with Crippen molar-refractivity contribution in [1.29, 1.82) is 0 Å². The van der Waals surface area contributed by atoms with Gasteiger partial charge in [0.1, 0.15) is 18.3 Å². The normalized spacial score (nSPS) is 23.9. The summed E-state index contributed by atoms with van der Waals surface area (Å²) >= 11 is 0. The molecule has 9 aromatic carbocycles. The van der Waals surface area contributed by atoms with Gasteiger partial charge in [0.05, 0.1) is 69.9 Å². The fourth-order valence-electron chi connectivity index (χ4n) is 12.2. The molecule has 17 unspecified atom stereocenters. The summed E-state index contributed by atoms with van der Waals surface area (Å²) in [4.78, 5) is 174. The summed E-state index contributed by atoms with van der Waals surface area (Å²) in [6, 6.07) is 62.5. The lowest BCUT2D eigenvalue weighted by Gasteiger charge is -2.45. The second-order valence-electron chi connectivity index (χ2n) is 25.8. The number of phosphoric ester groups is 3. The molecule has 5 N–H and O–H groups in total. The Balaban J connectivity index is 0.928. The van der Waals surface area contributed by atoms with Gasteiger partial charge in [0, 0.05) is 0 Å². The van der Waals surface area contributed by atoms with Crippen LogP contribution in [0.5, 0.6) is 0 Å². The van der Waals surface area contributed by atoms with Crippen LogP contribution in [0.3, 0.4) is 0 Å². The average Bonchev–Trinajstić information content (AvgIpc) is 0.776. The van der Waals surface area contributed by atoms with Gasteiger partial charge in [-0.15, -0.1) is 0 Å². The third-order valence-corrected chi connectivity index (χ3v) is 20.1. The summed E-state index contributed by atoms with van der Waals surface area (Å²) in [6.45, 7) is -4.22. The highest BCUT2D eigenvalue weighted by Gasteiger charge is 2.60. The number of rotatable bonds is 31. The number of benzene rings is 9. The summed E-state index contributed by atoms with van der Waals surface area (Å²) in [6.07, 6.45) is -35.2. The molecule has 3 fully saturated rings. The van der Waals surface area contributed by atoms with Crippen molar-refractivity contribution in [1.82, 2.24) is 0 Å². The molecule has 34 nitrogen and oxygen atoms in total. The molecule has 0 bridgehead atoms. The third kappa shape index (κ3) is 22.8. The number of hydrogen-bond donors (Lipinski definition) is 5. The summed E-state index contributed by atoms with van der Waals surface area (Å²) in [5.41, 5.74) is -1.77. The topological polar surface area (TPSA) is 463 Å². The van der Waals surface area contributed by atoms with E-state index in [4.69, 9.17) is 79.5 Å². The quantitative estimate of drug-likeness (QED) is 0.0153. The number of ether oxygens (including phenoxy) is 12. The van der Waals surface area contributed by atoms with E-state index in [1.807, 2.05) is 0 Å². The van der Waals surface area contributed by atoms with Gasteiger partial charge in [-0.1, -0.05) is 164 Å². The summed E-state index contributed by atoms with van der Waals surface area (Å²) in [5.74, 6) is -11.2. The zero-order valence-electron chi connectivity index (χ0n) is 61.2. The van der Waals surface area contributed by atoms with Crippen LogP contribution in [0.15, 0.2) is 273 Å². The zero-order valence-corrected chi connectivity index (χ0v) is 63.9. The minimum Gasteiger partial charge on any atom is -0.452 e. The fraction of sp³-hybridized carbons (Fsp3) is 0.222. The number of hydrogen-bond acceptors (Lipinski definition) is 30. The van der Waals surface area contributed by atoms with Crippen molar-refractivity contribution in [2.45, 2.75) is 92.1 Å². The van der Waals surface area contributed by atoms with Crippen LogP contribution in [-0.4, -0.2) is 190 Å². The zero-order chi connectivity index (χ0) is 83.5. The molecule has 614 valence electrons. The molecule has 17 atom stereocenters. The molecule has 0 spiro atoms. The minimum atomic E-state index is -6.25. The van der Waals surface area contributed by atoms with E-state index in [9.17, 15) is 72.4 Å². The molecule has 12 rings (SSSR count). The number of aliphatic hydroxyl groups is 1. The van der Waals surface area contributed by atoms with E-state index in [0.717, 1.165) is 0 Å². The van der Waals surface area contributed by atoms with Crippen LogP contribution < -0.4 is 0 Å². The molecule has 3 saturated heterocycles. The minimum absolute atomic E-state index is 0.0780. The van der Waals surface area contributed by atoms with Crippen molar-refractivity contribution in [3.05, 3.63) is 323 Å². The molecule has 37 heteroatoms. The van der Waals surface area contributed by atoms with Gasteiger partial charge in [-0.05, 0) is 109 Å². The molecule has 3 aliphatic heterocycles. The first kappa shape index (κ1) is 85.7. The number of carbonyl (C=O) groups is 9. The maximum Gasteiger partial charge on any atom is 0.474 e. The van der Waals surface area contributed by atoms with E-state index in [2.05, 4.69) is 0 Å². The van der Waals surface area contributed by atoms with Crippen LogP contribution >= 0.6 is 23.5 Å². The van der Waals surface area contributed by atoms with Gasteiger partial charge in [-0.2, -0.15) is 0 Å². The van der Waals surface area contributed by atoms with Gasteiger partial charge in [0.2, 0.25) is 18.9 Å². The Morgan fingerprint density at radius 1 is 0.246 bits per heavy atom. The molecular formula is C81H71O34P3. The van der Waals surface area contributed by atoms with E-state index < -0.39 is 189 Å². The standard InChI is InChI=1S/C81H71O34P3/c82-46-58-61(104-70(83)49-28-10-1-11-29-49)64(107-73(86)52-34-16-4-17-35-52)68(111-77(90)56-42-24-8-25-43-56)80(101-58)114-117(95,96)100-48-60-63(106-72(85)51-32-14-3-15-33-51)66(109-75(88)54-38-20-6-21-39-54)69(112-78(91)57-44-26-9-27-45-57)81(103-60)115-118(97,98)99-47-59-62(105-71(84)50-30-12-2-13-31-50)65(108-74(87)53-36-18-5-19-37-53)67(79(102-59)113-116(92,93)94)110-76(89)55-40-22-7-23-41-55/h1-45,58-69,79-82H,46-48H2,(H,95,96)(H,97,98)(H2,92,93,94).